The lowest BCUT2D eigenvalue weighted by Crippen LogP contribution is -2.40. The molecule has 1 atom stereocenters. The fraction of sp³-hybridized carbons (Fsp3) is 0.696. The Morgan fingerprint density at radius 3 is 2.63 bits per heavy atom. The van der Waals surface area contributed by atoms with Crippen LogP contribution in [-0.4, -0.2) is 48.9 Å². The van der Waals surface area contributed by atoms with Gasteiger partial charge in [-0.25, -0.2) is 4.39 Å². The molecule has 4 rings (SSSR count). The molecule has 2 aliphatic carbocycles. The summed E-state index contributed by atoms with van der Waals surface area (Å²) in [6, 6.07) is 7.09. The van der Waals surface area contributed by atoms with Crippen molar-refractivity contribution in [2.75, 3.05) is 33.2 Å². The molecule has 1 heterocycles. The molecule has 27 heavy (non-hydrogen) atoms. The van der Waals surface area contributed by atoms with E-state index in [0.717, 1.165) is 57.4 Å². The van der Waals surface area contributed by atoms with Gasteiger partial charge in [0.15, 0.2) is 0 Å². The Morgan fingerprint density at radius 2 is 1.93 bits per heavy atom. The van der Waals surface area contributed by atoms with E-state index in [4.69, 9.17) is 0 Å². The van der Waals surface area contributed by atoms with Crippen LogP contribution in [0, 0.1) is 23.1 Å². The average molecular weight is 373 g/mol. The number of nitrogens with zero attached hydrogens (tertiary/aromatic N) is 2. The Hall–Kier alpha value is -1.42. The maximum atomic E-state index is 13.7. The molecule has 1 aliphatic heterocycles. The van der Waals surface area contributed by atoms with Gasteiger partial charge in [-0.3, -0.25) is 4.79 Å². The smallest absolute Gasteiger partial charge is 0.226 e. The molecule has 1 aromatic carbocycles. The van der Waals surface area contributed by atoms with Gasteiger partial charge in [-0.1, -0.05) is 31.0 Å². The van der Waals surface area contributed by atoms with Crippen LogP contribution in [0.1, 0.15) is 50.5 Å². The molecule has 3 aliphatic rings. The molecular formula is C23H33FN2O. The summed E-state index contributed by atoms with van der Waals surface area (Å²) in [7, 11) is 2.01. The molecule has 0 radical (unpaired) electrons. The van der Waals surface area contributed by atoms with Gasteiger partial charge in [-0.05, 0) is 74.6 Å². The molecule has 0 unspecified atom stereocenters. The predicted octanol–water partition coefficient (Wildman–Crippen LogP) is 4.12. The minimum atomic E-state index is -0.0902. The van der Waals surface area contributed by atoms with Gasteiger partial charge in [-0.2, -0.15) is 0 Å². The summed E-state index contributed by atoms with van der Waals surface area (Å²) in [4.78, 5) is 17.2. The number of hydrogen-bond acceptors (Lipinski definition) is 2. The summed E-state index contributed by atoms with van der Waals surface area (Å²) in [6.45, 7) is 3.96. The Kier molecular flexibility index (Phi) is 5.54. The van der Waals surface area contributed by atoms with E-state index in [2.05, 4.69) is 4.90 Å². The van der Waals surface area contributed by atoms with E-state index in [-0.39, 0.29) is 5.82 Å². The van der Waals surface area contributed by atoms with Crippen LogP contribution in [0.4, 0.5) is 4.39 Å². The molecule has 3 fully saturated rings. The fourth-order valence-corrected chi connectivity index (χ4v) is 5.44. The number of likely N-dealkylation sites (tertiary alicyclic amines) is 1. The number of benzene rings is 1. The molecule has 0 aromatic heterocycles. The van der Waals surface area contributed by atoms with Gasteiger partial charge >= 0.3 is 0 Å². The zero-order valence-electron chi connectivity index (χ0n) is 16.6. The van der Waals surface area contributed by atoms with E-state index in [1.807, 2.05) is 24.1 Å². The lowest BCUT2D eigenvalue weighted by molar-refractivity contribution is -0.132. The van der Waals surface area contributed by atoms with Crippen molar-refractivity contribution in [3.63, 3.8) is 0 Å². The van der Waals surface area contributed by atoms with Gasteiger partial charge in [0, 0.05) is 26.1 Å². The molecule has 148 valence electrons. The van der Waals surface area contributed by atoms with Gasteiger partial charge in [-0.15, -0.1) is 0 Å². The molecule has 1 amide bonds. The quantitative estimate of drug-likeness (QED) is 0.750. The Morgan fingerprint density at radius 1 is 1.22 bits per heavy atom. The lowest BCUT2D eigenvalue weighted by atomic mass is 9.95. The van der Waals surface area contributed by atoms with Crippen molar-refractivity contribution in [2.45, 2.75) is 51.4 Å². The number of piperidine rings is 1. The molecular weight excluding hydrogens is 339 g/mol. The summed E-state index contributed by atoms with van der Waals surface area (Å²) < 4.78 is 13.7. The van der Waals surface area contributed by atoms with E-state index in [0.29, 0.717) is 23.2 Å². The molecule has 0 bridgehead atoms. The van der Waals surface area contributed by atoms with Crippen molar-refractivity contribution < 1.29 is 9.18 Å². The van der Waals surface area contributed by atoms with Crippen molar-refractivity contribution in [3.05, 3.63) is 35.6 Å². The van der Waals surface area contributed by atoms with Crippen LogP contribution in [0.15, 0.2) is 24.3 Å². The standard InChI is InChI=1S/C23H33FN2O/c1-25(22(27)20-16-23(20)11-4-5-12-23)17-18-8-13-26(14-9-18)15-10-19-6-2-3-7-21(19)24/h2-3,6-7,18,20H,4-5,8-17H2,1H3/t20-/m1/s1. The number of hydrogen-bond donors (Lipinski definition) is 0. The van der Waals surface area contributed by atoms with Crippen LogP contribution in [0.2, 0.25) is 0 Å². The first-order valence-electron chi connectivity index (χ1n) is 10.8. The maximum Gasteiger partial charge on any atom is 0.226 e. The average Bonchev–Trinajstić information content (AvgIpc) is 3.17. The van der Waals surface area contributed by atoms with E-state index in [1.165, 1.54) is 25.7 Å². The van der Waals surface area contributed by atoms with Crippen molar-refractivity contribution in [3.8, 4) is 0 Å². The molecule has 3 nitrogen and oxygen atoms in total. The predicted molar refractivity (Wildman–Crippen MR) is 106 cm³/mol. The highest BCUT2D eigenvalue weighted by atomic mass is 19.1. The van der Waals surface area contributed by atoms with E-state index >= 15 is 0 Å². The minimum absolute atomic E-state index is 0.0902. The van der Waals surface area contributed by atoms with E-state index in [1.54, 1.807) is 12.1 Å². The van der Waals surface area contributed by atoms with Crippen LogP contribution >= 0.6 is 0 Å². The first kappa shape index (κ1) is 18.9. The maximum absolute atomic E-state index is 13.7. The number of carbonyl (C=O) groups excluding carboxylic acids is 1. The highest BCUT2D eigenvalue weighted by Gasteiger charge is 2.59. The number of rotatable bonds is 6. The minimum Gasteiger partial charge on any atom is -0.345 e. The zero-order valence-corrected chi connectivity index (χ0v) is 16.6. The summed E-state index contributed by atoms with van der Waals surface area (Å²) in [5.41, 5.74) is 1.22. The van der Waals surface area contributed by atoms with E-state index < -0.39 is 0 Å². The Bertz CT molecular complexity index is 662. The van der Waals surface area contributed by atoms with Crippen molar-refractivity contribution >= 4 is 5.91 Å². The Balaban J connectivity index is 1.18. The Labute approximate surface area is 162 Å². The first-order chi connectivity index (χ1) is 13.1. The third kappa shape index (κ3) is 4.21. The SMILES string of the molecule is CN(CC1CCN(CCc2ccccc2F)CC1)C(=O)[C@H]1CC12CCCC2. The van der Waals surface area contributed by atoms with Gasteiger partial charge in [0.2, 0.25) is 5.91 Å². The van der Waals surface area contributed by atoms with Crippen molar-refractivity contribution in [2.24, 2.45) is 17.3 Å². The van der Waals surface area contributed by atoms with Gasteiger partial charge in [0.05, 0.1) is 0 Å². The fourth-order valence-electron chi connectivity index (χ4n) is 5.44. The highest BCUT2D eigenvalue weighted by molar-refractivity contribution is 5.82. The number of halogens is 1. The largest absolute Gasteiger partial charge is 0.345 e. The zero-order chi connectivity index (χ0) is 18.9. The number of amides is 1. The van der Waals surface area contributed by atoms with Gasteiger partial charge in [0.25, 0.3) is 0 Å². The normalized spacial score (nSPS) is 25.0. The van der Waals surface area contributed by atoms with Crippen LogP contribution in [-0.2, 0) is 11.2 Å². The highest BCUT2D eigenvalue weighted by Crippen LogP contribution is 2.63. The lowest BCUT2D eigenvalue weighted by Gasteiger charge is -2.34. The monoisotopic (exact) mass is 372 g/mol. The third-order valence-corrected chi connectivity index (χ3v) is 7.36. The molecule has 1 aromatic rings. The summed E-state index contributed by atoms with van der Waals surface area (Å²) in [6.07, 6.45) is 9.40. The van der Waals surface area contributed by atoms with Crippen LogP contribution < -0.4 is 0 Å². The summed E-state index contributed by atoms with van der Waals surface area (Å²) in [5, 5.41) is 0. The molecule has 2 saturated carbocycles. The van der Waals surface area contributed by atoms with Gasteiger partial charge in [0.1, 0.15) is 5.82 Å². The first-order valence-corrected chi connectivity index (χ1v) is 10.8. The van der Waals surface area contributed by atoms with Crippen molar-refractivity contribution in [1.82, 2.24) is 9.80 Å². The van der Waals surface area contributed by atoms with Crippen LogP contribution in [0.3, 0.4) is 0 Å². The van der Waals surface area contributed by atoms with Crippen molar-refractivity contribution in [1.29, 1.82) is 0 Å². The second-order valence-corrected chi connectivity index (χ2v) is 9.17. The number of carbonyl (C=O) groups is 1. The van der Waals surface area contributed by atoms with Crippen LogP contribution in [0.5, 0.6) is 0 Å². The molecule has 1 saturated heterocycles. The van der Waals surface area contributed by atoms with E-state index in [9.17, 15) is 9.18 Å². The third-order valence-electron chi connectivity index (χ3n) is 7.36. The van der Waals surface area contributed by atoms with Crippen LogP contribution in [0.25, 0.3) is 0 Å². The molecule has 1 spiro atoms. The summed E-state index contributed by atoms with van der Waals surface area (Å²) >= 11 is 0. The topological polar surface area (TPSA) is 23.6 Å². The molecule has 4 heteroatoms. The second-order valence-electron chi connectivity index (χ2n) is 9.17. The summed E-state index contributed by atoms with van der Waals surface area (Å²) in [5.74, 6) is 1.25. The second kappa shape index (κ2) is 7.90. The van der Waals surface area contributed by atoms with Gasteiger partial charge < -0.3 is 9.80 Å². The molecule has 0 N–H and O–H groups in total.